The van der Waals surface area contributed by atoms with Gasteiger partial charge in [-0.1, -0.05) is 0 Å². The number of amides is 1. The SMILES string of the molecule is CN(C)c1ccc(NC2CCCN(C(=O)c3ccc(C#N)cn3)CC2)cn1. The van der Waals surface area contributed by atoms with E-state index in [0.29, 0.717) is 23.8 Å². The molecule has 1 N–H and O–H groups in total. The number of hydrogen-bond donors (Lipinski definition) is 1. The topological polar surface area (TPSA) is 85.1 Å². The molecule has 1 saturated heterocycles. The van der Waals surface area contributed by atoms with Gasteiger partial charge in [-0.25, -0.2) is 9.97 Å². The summed E-state index contributed by atoms with van der Waals surface area (Å²) in [7, 11) is 3.93. The van der Waals surface area contributed by atoms with E-state index in [-0.39, 0.29) is 5.91 Å². The largest absolute Gasteiger partial charge is 0.381 e. The minimum Gasteiger partial charge on any atom is -0.381 e. The van der Waals surface area contributed by atoms with Gasteiger partial charge in [0.25, 0.3) is 5.91 Å². The van der Waals surface area contributed by atoms with Crippen molar-refractivity contribution in [2.24, 2.45) is 0 Å². The summed E-state index contributed by atoms with van der Waals surface area (Å²) >= 11 is 0. The fourth-order valence-electron chi connectivity index (χ4n) is 3.16. The highest BCUT2D eigenvalue weighted by molar-refractivity contribution is 5.92. The molecule has 1 fully saturated rings. The van der Waals surface area contributed by atoms with Gasteiger partial charge in [0.15, 0.2) is 0 Å². The first-order valence-corrected chi connectivity index (χ1v) is 9.12. The van der Waals surface area contributed by atoms with Crippen LogP contribution in [0.5, 0.6) is 0 Å². The second-order valence-electron chi connectivity index (χ2n) is 6.91. The van der Waals surface area contributed by atoms with Crippen LogP contribution in [-0.2, 0) is 0 Å². The summed E-state index contributed by atoms with van der Waals surface area (Å²) in [5.74, 6) is 0.852. The molecule has 0 bridgehead atoms. The van der Waals surface area contributed by atoms with Gasteiger partial charge in [-0.2, -0.15) is 5.26 Å². The van der Waals surface area contributed by atoms with Crippen molar-refractivity contribution in [1.29, 1.82) is 5.26 Å². The molecule has 1 atom stereocenters. The van der Waals surface area contributed by atoms with Gasteiger partial charge < -0.3 is 15.1 Å². The van der Waals surface area contributed by atoms with Crippen molar-refractivity contribution < 1.29 is 4.79 Å². The number of pyridine rings is 2. The van der Waals surface area contributed by atoms with Crippen molar-refractivity contribution in [3.05, 3.63) is 47.9 Å². The van der Waals surface area contributed by atoms with Crippen molar-refractivity contribution in [3.8, 4) is 6.07 Å². The van der Waals surface area contributed by atoms with E-state index in [1.54, 1.807) is 12.1 Å². The second kappa shape index (κ2) is 8.49. The van der Waals surface area contributed by atoms with Gasteiger partial charge in [0.2, 0.25) is 0 Å². The Morgan fingerprint density at radius 3 is 2.67 bits per heavy atom. The van der Waals surface area contributed by atoms with Gasteiger partial charge in [-0.3, -0.25) is 4.79 Å². The third-order valence-corrected chi connectivity index (χ3v) is 4.70. The Hall–Kier alpha value is -3.14. The third-order valence-electron chi connectivity index (χ3n) is 4.70. The molecule has 1 unspecified atom stereocenters. The summed E-state index contributed by atoms with van der Waals surface area (Å²) in [5, 5.41) is 12.4. The lowest BCUT2D eigenvalue weighted by molar-refractivity contribution is 0.0755. The van der Waals surface area contributed by atoms with E-state index >= 15 is 0 Å². The normalized spacial score (nSPS) is 16.9. The maximum absolute atomic E-state index is 12.7. The maximum atomic E-state index is 12.7. The summed E-state index contributed by atoms with van der Waals surface area (Å²) < 4.78 is 0. The standard InChI is InChI=1S/C20H24N6O/c1-25(2)19-8-6-17(14-23-19)24-16-4-3-10-26(11-9-16)20(27)18-7-5-15(12-21)13-22-18/h5-8,13-14,16,24H,3-4,9-11H2,1-2H3. The van der Waals surface area contributed by atoms with E-state index < -0.39 is 0 Å². The number of anilines is 2. The summed E-state index contributed by atoms with van der Waals surface area (Å²) in [6, 6.07) is 9.61. The van der Waals surface area contributed by atoms with Crippen LogP contribution in [0.15, 0.2) is 36.7 Å². The van der Waals surface area contributed by atoms with Crippen molar-refractivity contribution in [1.82, 2.24) is 14.9 Å². The number of likely N-dealkylation sites (tertiary alicyclic amines) is 1. The number of carbonyl (C=O) groups excluding carboxylic acids is 1. The number of hydrogen-bond acceptors (Lipinski definition) is 6. The Morgan fingerprint density at radius 2 is 2.04 bits per heavy atom. The molecule has 7 heteroatoms. The van der Waals surface area contributed by atoms with Crippen LogP contribution in [-0.4, -0.2) is 54.0 Å². The highest BCUT2D eigenvalue weighted by Gasteiger charge is 2.22. The summed E-state index contributed by atoms with van der Waals surface area (Å²) in [5.41, 5.74) is 1.85. The van der Waals surface area contributed by atoms with Crippen LogP contribution in [0.1, 0.15) is 35.3 Å². The molecule has 0 radical (unpaired) electrons. The minimum atomic E-state index is -0.0721. The van der Waals surface area contributed by atoms with Gasteiger partial charge in [0.05, 0.1) is 17.4 Å². The highest BCUT2D eigenvalue weighted by atomic mass is 16.2. The average Bonchev–Trinajstić information content (AvgIpc) is 2.93. The molecule has 140 valence electrons. The Morgan fingerprint density at radius 1 is 1.19 bits per heavy atom. The number of aromatic nitrogens is 2. The maximum Gasteiger partial charge on any atom is 0.272 e. The van der Waals surface area contributed by atoms with Crippen molar-refractivity contribution in [2.75, 3.05) is 37.4 Å². The monoisotopic (exact) mass is 364 g/mol. The molecule has 0 spiro atoms. The van der Waals surface area contributed by atoms with Crippen LogP contribution >= 0.6 is 0 Å². The van der Waals surface area contributed by atoms with Gasteiger partial charge >= 0.3 is 0 Å². The van der Waals surface area contributed by atoms with Crippen LogP contribution in [0, 0.1) is 11.3 Å². The zero-order valence-electron chi connectivity index (χ0n) is 15.7. The smallest absolute Gasteiger partial charge is 0.272 e. The lowest BCUT2D eigenvalue weighted by Gasteiger charge is -2.21. The molecular weight excluding hydrogens is 340 g/mol. The highest BCUT2D eigenvalue weighted by Crippen LogP contribution is 2.19. The van der Waals surface area contributed by atoms with Crippen molar-refractivity contribution in [2.45, 2.75) is 25.3 Å². The molecule has 27 heavy (non-hydrogen) atoms. The molecule has 0 saturated carbocycles. The van der Waals surface area contributed by atoms with E-state index in [0.717, 1.165) is 37.3 Å². The number of nitrogens with zero attached hydrogens (tertiary/aromatic N) is 5. The zero-order valence-corrected chi connectivity index (χ0v) is 15.7. The zero-order chi connectivity index (χ0) is 19.2. The molecule has 7 nitrogen and oxygen atoms in total. The van der Waals surface area contributed by atoms with Crippen LogP contribution in [0.25, 0.3) is 0 Å². The summed E-state index contributed by atoms with van der Waals surface area (Å²) in [6.45, 7) is 1.40. The van der Waals surface area contributed by atoms with Crippen molar-refractivity contribution in [3.63, 3.8) is 0 Å². The van der Waals surface area contributed by atoms with E-state index in [9.17, 15) is 4.79 Å². The fraction of sp³-hybridized carbons (Fsp3) is 0.400. The van der Waals surface area contributed by atoms with Crippen LogP contribution in [0.4, 0.5) is 11.5 Å². The minimum absolute atomic E-state index is 0.0721. The lowest BCUT2D eigenvalue weighted by atomic mass is 10.1. The molecule has 2 aromatic rings. The second-order valence-corrected chi connectivity index (χ2v) is 6.91. The van der Waals surface area contributed by atoms with E-state index in [1.807, 2.05) is 48.3 Å². The molecular formula is C20H24N6O. The molecule has 3 heterocycles. The Labute approximate surface area is 159 Å². The fourth-order valence-corrected chi connectivity index (χ4v) is 3.16. The Balaban J connectivity index is 1.58. The van der Waals surface area contributed by atoms with Gasteiger partial charge in [-0.05, 0) is 43.5 Å². The molecule has 1 aliphatic rings. The van der Waals surface area contributed by atoms with Gasteiger partial charge in [0.1, 0.15) is 17.6 Å². The van der Waals surface area contributed by atoms with Crippen molar-refractivity contribution >= 4 is 17.4 Å². The molecule has 1 amide bonds. The van der Waals surface area contributed by atoms with Crippen LogP contribution < -0.4 is 10.2 Å². The number of rotatable bonds is 4. The molecule has 3 rings (SSSR count). The first-order valence-electron chi connectivity index (χ1n) is 9.12. The Kier molecular flexibility index (Phi) is 5.87. The molecule has 0 aliphatic carbocycles. The summed E-state index contributed by atoms with van der Waals surface area (Å²) in [4.78, 5) is 25.0. The predicted octanol–water partition coefficient (Wildman–Crippen LogP) is 2.52. The Bertz CT molecular complexity index is 810. The molecule has 1 aliphatic heterocycles. The van der Waals surface area contributed by atoms with Gasteiger partial charge in [-0.15, -0.1) is 0 Å². The lowest BCUT2D eigenvalue weighted by Crippen LogP contribution is -2.33. The first kappa shape index (κ1) is 18.6. The van der Waals surface area contributed by atoms with E-state index in [1.165, 1.54) is 6.20 Å². The van der Waals surface area contributed by atoms with Gasteiger partial charge in [0, 0.05) is 39.4 Å². The third kappa shape index (κ3) is 4.73. The number of nitrogens with one attached hydrogen (secondary N) is 1. The van der Waals surface area contributed by atoms with Crippen LogP contribution in [0.3, 0.4) is 0 Å². The number of nitriles is 1. The van der Waals surface area contributed by atoms with E-state index in [2.05, 4.69) is 15.3 Å². The van der Waals surface area contributed by atoms with E-state index in [4.69, 9.17) is 5.26 Å². The first-order chi connectivity index (χ1) is 13.1. The molecule has 0 aromatic carbocycles. The number of carbonyl (C=O) groups is 1. The predicted molar refractivity (Wildman–Crippen MR) is 105 cm³/mol. The average molecular weight is 364 g/mol. The van der Waals surface area contributed by atoms with Crippen LogP contribution in [0.2, 0.25) is 0 Å². The molecule has 2 aromatic heterocycles. The quantitative estimate of drug-likeness (QED) is 0.897. The summed E-state index contributed by atoms with van der Waals surface area (Å²) in [6.07, 6.45) is 6.10.